The van der Waals surface area contributed by atoms with Crippen LogP contribution in [0.5, 0.6) is 0 Å². The van der Waals surface area contributed by atoms with E-state index in [0.717, 1.165) is 0 Å². The van der Waals surface area contributed by atoms with Crippen LogP contribution in [0.1, 0.15) is 6.92 Å². The second-order valence-electron chi connectivity index (χ2n) is 4.13. The number of rotatable bonds is 0. The molecule has 0 aromatic rings. The van der Waals surface area contributed by atoms with Crippen LogP contribution in [-0.4, -0.2) is 41.9 Å². The van der Waals surface area contributed by atoms with Crippen molar-refractivity contribution in [1.29, 1.82) is 0 Å². The first-order valence-electron chi connectivity index (χ1n) is 4.92. The van der Waals surface area contributed by atoms with E-state index < -0.39 is 22.9 Å². The second kappa shape index (κ2) is 2.83. The number of hydrogen-bond acceptors (Lipinski definition) is 4. The summed E-state index contributed by atoms with van der Waals surface area (Å²) in [5.74, 6) is -1.33. The molecule has 2 bridgehead atoms. The number of Topliss-reactive ketones (excluding diaryl/α,β-unsaturated/α-hetero) is 1. The molecule has 15 heavy (non-hydrogen) atoms. The predicted octanol–water partition coefficient (Wildman–Crippen LogP) is 0.633. The van der Waals surface area contributed by atoms with Crippen molar-refractivity contribution in [2.24, 2.45) is 0 Å². The molecular weight excluding hydrogens is 220 g/mol. The smallest absolute Gasteiger partial charge is 0.225 e. The zero-order valence-electron chi connectivity index (χ0n) is 8.23. The van der Waals surface area contributed by atoms with Gasteiger partial charge in [-0.05, 0) is 19.1 Å². The van der Waals surface area contributed by atoms with Gasteiger partial charge in [0.1, 0.15) is 11.7 Å². The number of carbonyl (C=O) groups excluding carboxylic acids is 1. The maximum atomic E-state index is 11.8. The van der Waals surface area contributed by atoms with Crippen LogP contribution in [0.25, 0.3) is 0 Å². The number of ether oxygens (including phenoxy) is 3. The molecule has 0 aliphatic carbocycles. The monoisotopic (exact) mass is 230 g/mol. The van der Waals surface area contributed by atoms with Gasteiger partial charge in [0.2, 0.25) is 5.79 Å². The zero-order chi connectivity index (χ0) is 10.7. The molecule has 2 fully saturated rings. The van der Waals surface area contributed by atoms with E-state index >= 15 is 0 Å². The molecule has 0 aromatic carbocycles. The highest BCUT2D eigenvalue weighted by molar-refractivity contribution is 6.33. The molecule has 5 heteroatoms. The van der Waals surface area contributed by atoms with Gasteiger partial charge in [0.15, 0.2) is 11.2 Å². The van der Waals surface area contributed by atoms with Gasteiger partial charge in [0.05, 0.1) is 13.2 Å². The summed E-state index contributed by atoms with van der Waals surface area (Å²) in [6.07, 6.45) is 2.98. The first kappa shape index (κ1) is 9.78. The van der Waals surface area contributed by atoms with Crippen molar-refractivity contribution in [1.82, 2.24) is 0 Å². The summed E-state index contributed by atoms with van der Waals surface area (Å²) < 4.78 is 16.7. The molecule has 3 aliphatic rings. The van der Waals surface area contributed by atoms with Crippen LogP contribution in [0.15, 0.2) is 12.2 Å². The van der Waals surface area contributed by atoms with E-state index in [9.17, 15) is 4.79 Å². The molecule has 0 radical (unpaired) electrons. The molecule has 0 N–H and O–H groups in total. The Hall–Kier alpha value is -0.420. The van der Waals surface area contributed by atoms with E-state index in [1.807, 2.05) is 13.0 Å². The van der Waals surface area contributed by atoms with Crippen molar-refractivity contribution >= 4 is 17.4 Å². The van der Waals surface area contributed by atoms with Crippen LogP contribution in [0.2, 0.25) is 0 Å². The van der Waals surface area contributed by atoms with Gasteiger partial charge < -0.3 is 14.2 Å². The van der Waals surface area contributed by atoms with Gasteiger partial charge in [0.25, 0.3) is 0 Å². The van der Waals surface area contributed by atoms with Crippen LogP contribution in [0, 0.1) is 0 Å². The standard InChI is InChI=1S/C10H11ClO4/c1-9-3-2-6(15-9)7(12)8(11)10(9)13-4-5-14-10/h2-3,6,8H,4-5H2,1H3/t6-,8?,9+/m0/s1. The Kier molecular flexibility index (Phi) is 1.84. The van der Waals surface area contributed by atoms with E-state index in [-0.39, 0.29) is 5.78 Å². The SMILES string of the molecule is C[C@]12C=C[C@H](O1)C(=O)C(Cl)C21OCCO1. The number of hydrogen-bond donors (Lipinski definition) is 0. The first-order chi connectivity index (χ1) is 7.09. The van der Waals surface area contributed by atoms with E-state index in [1.54, 1.807) is 6.08 Å². The maximum absolute atomic E-state index is 11.8. The third kappa shape index (κ3) is 1.00. The molecular formula is C10H11ClO4. The number of halogens is 1. The molecule has 3 heterocycles. The molecule has 3 rings (SSSR count). The largest absolute Gasteiger partial charge is 0.350 e. The Morgan fingerprint density at radius 1 is 1.47 bits per heavy atom. The highest BCUT2D eigenvalue weighted by atomic mass is 35.5. The molecule has 3 aliphatic heterocycles. The summed E-state index contributed by atoms with van der Waals surface area (Å²) in [6.45, 7) is 2.71. The van der Waals surface area contributed by atoms with E-state index in [1.165, 1.54) is 0 Å². The van der Waals surface area contributed by atoms with Gasteiger partial charge in [-0.1, -0.05) is 0 Å². The molecule has 82 valence electrons. The molecule has 0 saturated carbocycles. The van der Waals surface area contributed by atoms with Crippen molar-refractivity contribution in [2.45, 2.75) is 29.8 Å². The molecule has 0 aromatic heterocycles. The number of carbonyl (C=O) groups is 1. The summed E-state index contributed by atoms with van der Waals surface area (Å²) in [6, 6.07) is 0. The summed E-state index contributed by atoms with van der Waals surface area (Å²) in [4.78, 5) is 11.8. The Balaban J connectivity index is 2.10. The highest BCUT2D eigenvalue weighted by Gasteiger charge is 2.66. The van der Waals surface area contributed by atoms with Crippen molar-refractivity contribution in [3.63, 3.8) is 0 Å². The van der Waals surface area contributed by atoms with Crippen molar-refractivity contribution in [2.75, 3.05) is 13.2 Å². The van der Waals surface area contributed by atoms with Crippen LogP contribution >= 0.6 is 11.6 Å². The summed E-state index contributed by atoms with van der Waals surface area (Å²) in [7, 11) is 0. The lowest BCUT2D eigenvalue weighted by atomic mass is 9.89. The summed E-state index contributed by atoms with van der Waals surface area (Å²) in [5.41, 5.74) is -0.755. The molecule has 3 atom stereocenters. The van der Waals surface area contributed by atoms with E-state index in [2.05, 4.69) is 0 Å². The number of alkyl halides is 1. The van der Waals surface area contributed by atoms with Gasteiger partial charge in [-0.15, -0.1) is 11.6 Å². The minimum atomic E-state index is -1.14. The fourth-order valence-electron chi connectivity index (χ4n) is 2.41. The second-order valence-corrected chi connectivity index (χ2v) is 4.57. The summed E-state index contributed by atoms with van der Waals surface area (Å²) in [5, 5.41) is -0.807. The Morgan fingerprint density at radius 3 is 2.80 bits per heavy atom. The minimum absolute atomic E-state index is 0.190. The van der Waals surface area contributed by atoms with Gasteiger partial charge >= 0.3 is 0 Å². The van der Waals surface area contributed by atoms with Gasteiger partial charge in [0, 0.05) is 0 Å². The van der Waals surface area contributed by atoms with Crippen LogP contribution in [0.4, 0.5) is 0 Å². The Bertz CT molecular complexity index is 347. The average molecular weight is 231 g/mol. The minimum Gasteiger partial charge on any atom is -0.350 e. The van der Waals surface area contributed by atoms with E-state index in [4.69, 9.17) is 25.8 Å². The van der Waals surface area contributed by atoms with Gasteiger partial charge in [-0.25, -0.2) is 0 Å². The maximum Gasteiger partial charge on any atom is 0.225 e. The zero-order valence-corrected chi connectivity index (χ0v) is 8.99. The van der Waals surface area contributed by atoms with E-state index in [0.29, 0.717) is 13.2 Å². The topological polar surface area (TPSA) is 44.8 Å². The quantitative estimate of drug-likeness (QED) is 0.452. The molecule has 1 unspecified atom stereocenters. The predicted molar refractivity (Wildman–Crippen MR) is 51.7 cm³/mol. The van der Waals surface area contributed by atoms with Crippen molar-refractivity contribution in [3.05, 3.63) is 12.2 Å². The lowest BCUT2D eigenvalue weighted by Crippen LogP contribution is -2.65. The van der Waals surface area contributed by atoms with Gasteiger partial charge in [-0.3, -0.25) is 4.79 Å². The summed E-state index contributed by atoms with van der Waals surface area (Å²) >= 11 is 6.13. The third-order valence-electron chi connectivity index (χ3n) is 3.23. The lowest BCUT2D eigenvalue weighted by Gasteiger charge is -2.46. The Morgan fingerprint density at radius 2 is 2.13 bits per heavy atom. The van der Waals surface area contributed by atoms with Crippen molar-refractivity contribution in [3.8, 4) is 0 Å². The molecule has 0 amide bonds. The van der Waals surface area contributed by atoms with Crippen LogP contribution in [0.3, 0.4) is 0 Å². The normalized spacial score (nSPS) is 46.7. The molecule has 2 saturated heterocycles. The lowest BCUT2D eigenvalue weighted by molar-refractivity contribution is -0.273. The van der Waals surface area contributed by atoms with Crippen LogP contribution < -0.4 is 0 Å². The first-order valence-corrected chi connectivity index (χ1v) is 5.36. The molecule has 1 spiro atoms. The van der Waals surface area contributed by atoms with Crippen LogP contribution in [-0.2, 0) is 19.0 Å². The molecule has 4 nitrogen and oxygen atoms in total. The number of ketones is 1. The fourth-order valence-corrected chi connectivity index (χ4v) is 2.88. The average Bonchev–Trinajstić information content (AvgIpc) is 2.81. The highest BCUT2D eigenvalue weighted by Crippen LogP contribution is 2.48. The third-order valence-corrected chi connectivity index (χ3v) is 3.74. The van der Waals surface area contributed by atoms with Gasteiger partial charge in [-0.2, -0.15) is 0 Å². The number of fused-ring (bicyclic) bond motifs is 3. The van der Waals surface area contributed by atoms with Crippen molar-refractivity contribution < 1.29 is 19.0 Å². The fraction of sp³-hybridized carbons (Fsp3) is 0.700. The Labute approximate surface area is 92.1 Å².